The highest BCUT2D eigenvalue weighted by Gasteiger charge is 2.17. The van der Waals surface area contributed by atoms with Crippen LogP contribution in [0, 0.1) is 0 Å². The second-order valence-electron chi connectivity index (χ2n) is 4.18. The molecule has 0 aromatic carbocycles. The third-order valence-corrected chi connectivity index (χ3v) is 6.18. The Labute approximate surface area is 122 Å². The number of carbonyl (C=O) groups is 1. The van der Waals surface area contributed by atoms with Crippen LogP contribution < -0.4 is 0 Å². The number of halogens is 2. The van der Waals surface area contributed by atoms with Crippen molar-refractivity contribution >= 4 is 49.0 Å². The lowest BCUT2D eigenvalue weighted by Gasteiger charge is -2.21. The van der Waals surface area contributed by atoms with Crippen molar-refractivity contribution < 1.29 is 9.53 Å². The van der Waals surface area contributed by atoms with Crippen LogP contribution in [0.3, 0.4) is 0 Å². The molecule has 1 atom stereocenters. The summed E-state index contributed by atoms with van der Waals surface area (Å²) in [5.74, 6) is 0.218. The number of hydrogen-bond donors (Lipinski definition) is 0. The van der Waals surface area contributed by atoms with Crippen LogP contribution in [0.15, 0.2) is 14.3 Å². The summed E-state index contributed by atoms with van der Waals surface area (Å²) in [4.78, 5) is 12.8. The van der Waals surface area contributed by atoms with E-state index in [2.05, 4.69) is 31.9 Å². The molecule has 1 fully saturated rings. The van der Waals surface area contributed by atoms with E-state index in [9.17, 15) is 4.79 Å². The van der Waals surface area contributed by atoms with Crippen molar-refractivity contribution in [3.63, 3.8) is 0 Å². The van der Waals surface area contributed by atoms with E-state index in [-0.39, 0.29) is 5.78 Å². The number of carbonyl (C=O) groups excluding carboxylic acids is 1. The van der Waals surface area contributed by atoms with Gasteiger partial charge < -0.3 is 4.74 Å². The molecule has 94 valence electrons. The first-order valence-corrected chi connectivity index (χ1v) is 8.16. The zero-order chi connectivity index (χ0) is 12.3. The highest BCUT2D eigenvalue weighted by Crippen LogP contribution is 2.33. The summed E-state index contributed by atoms with van der Waals surface area (Å²) in [5, 5.41) is 0. The van der Waals surface area contributed by atoms with Gasteiger partial charge in [0.2, 0.25) is 0 Å². The van der Waals surface area contributed by atoms with E-state index in [1.54, 1.807) is 0 Å². The van der Waals surface area contributed by atoms with Crippen molar-refractivity contribution in [2.45, 2.75) is 38.2 Å². The van der Waals surface area contributed by atoms with Crippen molar-refractivity contribution in [2.75, 3.05) is 6.61 Å². The van der Waals surface area contributed by atoms with E-state index >= 15 is 0 Å². The van der Waals surface area contributed by atoms with Gasteiger partial charge in [-0.15, -0.1) is 11.3 Å². The van der Waals surface area contributed by atoms with Crippen LogP contribution in [0.2, 0.25) is 0 Å². The van der Waals surface area contributed by atoms with Gasteiger partial charge in [-0.3, -0.25) is 4.79 Å². The SMILES string of the molecule is O=C(CCC1CCCCO1)c1cc(Br)c(Br)s1. The normalized spacial score (nSPS) is 20.5. The fourth-order valence-electron chi connectivity index (χ4n) is 1.93. The lowest BCUT2D eigenvalue weighted by Crippen LogP contribution is -2.19. The van der Waals surface area contributed by atoms with Crippen molar-refractivity contribution in [2.24, 2.45) is 0 Å². The van der Waals surface area contributed by atoms with Gasteiger partial charge in [0.15, 0.2) is 5.78 Å². The molecule has 1 aliphatic heterocycles. The molecule has 2 heterocycles. The van der Waals surface area contributed by atoms with Crippen LogP contribution in [-0.4, -0.2) is 18.5 Å². The fourth-order valence-corrected chi connectivity index (χ4v) is 3.94. The average Bonchev–Trinajstić information content (AvgIpc) is 2.68. The number of hydrogen-bond acceptors (Lipinski definition) is 3. The molecule has 1 saturated heterocycles. The van der Waals surface area contributed by atoms with E-state index in [1.165, 1.54) is 17.8 Å². The molecule has 1 aromatic heterocycles. The number of thiophene rings is 1. The highest BCUT2D eigenvalue weighted by molar-refractivity contribution is 9.13. The van der Waals surface area contributed by atoms with Crippen molar-refractivity contribution in [3.8, 4) is 0 Å². The Hall–Kier alpha value is 0.290. The first-order valence-electron chi connectivity index (χ1n) is 5.76. The van der Waals surface area contributed by atoms with Gasteiger partial charge in [-0.05, 0) is 63.6 Å². The molecule has 17 heavy (non-hydrogen) atoms. The Morgan fingerprint density at radius 3 is 2.88 bits per heavy atom. The topological polar surface area (TPSA) is 26.3 Å². The standard InChI is InChI=1S/C12H14Br2O2S/c13-9-7-11(17-12(9)14)10(15)5-4-8-3-1-2-6-16-8/h7-8H,1-6H2. The van der Waals surface area contributed by atoms with E-state index in [0.717, 1.165) is 39.0 Å². The zero-order valence-electron chi connectivity index (χ0n) is 9.38. The quantitative estimate of drug-likeness (QED) is 0.699. The van der Waals surface area contributed by atoms with Gasteiger partial charge in [0.1, 0.15) is 0 Å². The number of ketones is 1. The van der Waals surface area contributed by atoms with Gasteiger partial charge in [0.05, 0.1) is 14.8 Å². The zero-order valence-corrected chi connectivity index (χ0v) is 13.4. The predicted octanol–water partition coefficient (Wildman–Crippen LogP) is 4.81. The lowest BCUT2D eigenvalue weighted by molar-refractivity contribution is 0.0105. The van der Waals surface area contributed by atoms with Gasteiger partial charge >= 0.3 is 0 Å². The van der Waals surface area contributed by atoms with E-state index in [0.29, 0.717) is 12.5 Å². The summed E-state index contributed by atoms with van der Waals surface area (Å²) in [6, 6.07) is 1.89. The molecule has 2 rings (SSSR count). The Balaban J connectivity index is 1.84. The molecule has 1 unspecified atom stereocenters. The largest absolute Gasteiger partial charge is 0.378 e. The molecular formula is C12H14Br2O2S. The molecule has 0 amide bonds. The average molecular weight is 382 g/mol. The fraction of sp³-hybridized carbons (Fsp3) is 0.583. The number of Topliss-reactive ketones (excluding diaryl/α,β-unsaturated/α-hetero) is 1. The predicted molar refractivity (Wildman–Crippen MR) is 76.9 cm³/mol. The van der Waals surface area contributed by atoms with Crippen LogP contribution in [-0.2, 0) is 4.74 Å². The van der Waals surface area contributed by atoms with Crippen LogP contribution in [0.5, 0.6) is 0 Å². The molecule has 1 aliphatic rings. The molecule has 0 aliphatic carbocycles. The van der Waals surface area contributed by atoms with Gasteiger partial charge in [-0.1, -0.05) is 0 Å². The van der Waals surface area contributed by atoms with Crippen LogP contribution in [0.4, 0.5) is 0 Å². The maximum absolute atomic E-state index is 12.0. The van der Waals surface area contributed by atoms with Crippen LogP contribution in [0.25, 0.3) is 0 Å². The minimum Gasteiger partial charge on any atom is -0.378 e. The summed E-state index contributed by atoms with van der Waals surface area (Å²) in [5.41, 5.74) is 0. The van der Waals surface area contributed by atoms with Gasteiger partial charge in [0, 0.05) is 17.5 Å². The van der Waals surface area contributed by atoms with Gasteiger partial charge in [-0.25, -0.2) is 0 Å². The third kappa shape index (κ3) is 3.88. The van der Waals surface area contributed by atoms with E-state index in [4.69, 9.17) is 4.74 Å². The van der Waals surface area contributed by atoms with Gasteiger partial charge in [-0.2, -0.15) is 0 Å². The molecule has 0 N–H and O–H groups in total. The van der Waals surface area contributed by atoms with Crippen LogP contribution >= 0.6 is 43.2 Å². The first kappa shape index (κ1) is 13.7. The van der Waals surface area contributed by atoms with Gasteiger partial charge in [0.25, 0.3) is 0 Å². The summed E-state index contributed by atoms with van der Waals surface area (Å²) in [6.45, 7) is 0.856. The minimum absolute atomic E-state index is 0.218. The molecule has 2 nitrogen and oxygen atoms in total. The molecule has 0 spiro atoms. The van der Waals surface area contributed by atoms with Crippen molar-refractivity contribution in [3.05, 3.63) is 19.2 Å². The molecule has 5 heteroatoms. The second-order valence-corrected chi connectivity index (χ2v) is 7.41. The summed E-state index contributed by atoms with van der Waals surface area (Å²) >= 11 is 8.29. The minimum atomic E-state index is 0.218. The van der Waals surface area contributed by atoms with Crippen LogP contribution in [0.1, 0.15) is 41.8 Å². The summed E-state index contributed by atoms with van der Waals surface area (Å²) in [7, 11) is 0. The monoisotopic (exact) mass is 380 g/mol. The Bertz CT molecular complexity index is 378. The Morgan fingerprint density at radius 2 is 2.29 bits per heavy atom. The molecule has 0 bridgehead atoms. The Morgan fingerprint density at radius 1 is 1.47 bits per heavy atom. The first-order chi connectivity index (χ1) is 8.16. The Kier molecular flexibility index (Phi) is 5.21. The van der Waals surface area contributed by atoms with Crippen molar-refractivity contribution in [1.82, 2.24) is 0 Å². The highest BCUT2D eigenvalue weighted by atomic mass is 79.9. The van der Waals surface area contributed by atoms with E-state index in [1.807, 2.05) is 6.07 Å². The number of ether oxygens (including phenoxy) is 1. The maximum atomic E-state index is 12.0. The second kappa shape index (κ2) is 6.45. The van der Waals surface area contributed by atoms with Crippen molar-refractivity contribution in [1.29, 1.82) is 0 Å². The maximum Gasteiger partial charge on any atom is 0.172 e. The molecule has 0 radical (unpaired) electrons. The summed E-state index contributed by atoms with van der Waals surface area (Å²) < 4.78 is 7.57. The molecular weight excluding hydrogens is 368 g/mol. The van der Waals surface area contributed by atoms with E-state index < -0.39 is 0 Å². The molecule has 0 saturated carbocycles. The smallest absolute Gasteiger partial charge is 0.172 e. The lowest BCUT2D eigenvalue weighted by atomic mass is 10.0. The molecule has 1 aromatic rings. The number of rotatable bonds is 4. The summed E-state index contributed by atoms with van der Waals surface area (Å²) in [6.07, 6.45) is 5.23. The third-order valence-electron chi connectivity index (χ3n) is 2.89.